The third-order valence-corrected chi connectivity index (χ3v) is 8.82. The molecule has 0 aliphatic carbocycles. The summed E-state index contributed by atoms with van der Waals surface area (Å²) in [5, 5.41) is 11.8. The molecule has 7 heteroatoms. The van der Waals surface area contributed by atoms with Gasteiger partial charge in [-0.15, -0.1) is 0 Å². The first-order valence-corrected chi connectivity index (χ1v) is 13.6. The normalized spacial score (nSPS) is 14.7. The van der Waals surface area contributed by atoms with E-state index in [1.807, 2.05) is 68.4 Å². The van der Waals surface area contributed by atoms with E-state index in [2.05, 4.69) is 16.9 Å². The number of benzene rings is 3. The van der Waals surface area contributed by atoms with Crippen LogP contribution in [0.15, 0.2) is 83.8 Å². The average molecular weight is 497 g/mol. The first kappa shape index (κ1) is 26.8. The van der Waals surface area contributed by atoms with E-state index >= 15 is 0 Å². The van der Waals surface area contributed by atoms with Gasteiger partial charge in [0.15, 0.2) is 0 Å². The molecule has 0 bridgehead atoms. The van der Waals surface area contributed by atoms with Gasteiger partial charge in [0.25, 0.3) is 0 Å². The third kappa shape index (κ3) is 6.64. The summed E-state index contributed by atoms with van der Waals surface area (Å²) in [6.45, 7) is 3.99. The number of ether oxygens (including phenoxy) is 1. The van der Waals surface area contributed by atoms with Gasteiger partial charge in [-0.2, -0.15) is 5.06 Å². The van der Waals surface area contributed by atoms with Crippen LogP contribution in [0.1, 0.15) is 49.8 Å². The lowest BCUT2D eigenvalue weighted by Crippen LogP contribution is -2.43. The highest BCUT2D eigenvalue weighted by Gasteiger charge is 2.38. The van der Waals surface area contributed by atoms with Crippen molar-refractivity contribution < 1.29 is 19.3 Å². The molecule has 0 spiro atoms. The van der Waals surface area contributed by atoms with Gasteiger partial charge in [-0.1, -0.05) is 74.5 Å². The van der Waals surface area contributed by atoms with Crippen molar-refractivity contribution in [2.45, 2.75) is 56.3 Å². The second-order valence-electron chi connectivity index (χ2n) is 8.43. The Balaban J connectivity index is 1.95. The zero-order chi connectivity index (χ0) is 25.3. The van der Waals surface area contributed by atoms with E-state index in [1.165, 1.54) is 0 Å². The summed E-state index contributed by atoms with van der Waals surface area (Å²) in [4.78, 5) is 13.2. The molecule has 0 saturated carbocycles. The number of hydroxylamine groups is 2. The Labute approximate surface area is 210 Å². The molecule has 3 aromatic rings. The molecule has 0 aliphatic rings. The van der Waals surface area contributed by atoms with E-state index < -0.39 is 15.9 Å². The van der Waals surface area contributed by atoms with Crippen LogP contribution in [0, 0.1) is 0 Å². The highest BCUT2D eigenvalue weighted by atomic mass is 32.3. The standard InChI is InChI=1S/C28H36N2O4S/c1-4-13-27(31)29-35(33,24-17-10-7-11-18-24)28(5-2)30(32)21-23-16-12-19-26(34-3)25(23)20-22-14-8-6-9-15-22/h6-12,14-19,28,32-33H,4-5,13,20-21H2,1-3H3,(H,29,31). The van der Waals surface area contributed by atoms with Crippen LogP contribution in [-0.4, -0.2) is 33.2 Å². The summed E-state index contributed by atoms with van der Waals surface area (Å²) < 4.78 is 20.4. The minimum Gasteiger partial charge on any atom is -0.496 e. The highest BCUT2D eigenvalue weighted by molar-refractivity contribution is 8.28. The molecule has 1 amide bonds. The summed E-state index contributed by atoms with van der Waals surface area (Å²) in [7, 11) is -1.25. The summed E-state index contributed by atoms with van der Waals surface area (Å²) in [5.74, 6) is 0.515. The second kappa shape index (κ2) is 12.7. The van der Waals surface area contributed by atoms with E-state index in [0.717, 1.165) is 27.5 Å². The number of rotatable bonds is 12. The van der Waals surface area contributed by atoms with Crippen molar-refractivity contribution in [3.63, 3.8) is 0 Å². The van der Waals surface area contributed by atoms with Crippen molar-refractivity contribution >= 4 is 16.4 Å². The molecule has 3 rings (SSSR count). The Morgan fingerprint density at radius 2 is 1.66 bits per heavy atom. The first-order valence-electron chi connectivity index (χ1n) is 12.0. The summed E-state index contributed by atoms with van der Waals surface area (Å²) >= 11 is 0. The number of nitrogens with zero attached hydrogens (tertiary/aromatic N) is 1. The van der Waals surface area contributed by atoms with Crippen molar-refractivity contribution in [3.8, 4) is 5.75 Å². The number of hydrogen-bond donors (Lipinski definition) is 3. The number of methoxy groups -OCH3 is 1. The molecular formula is C28H36N2O4S. The topological polar surface area (TPSA) is 82.0 Å². The molecule has 2 atom stereocenters. The minimum absolute atomic E-state index is 0.170. The molecule has 3 aromatic carbocycles. The van der Waals surface area contributed by atoms with Crippen molar-refractivity contribution in [1.29, 1.82) is 0 Å². The van der Waals surface area contributed by atoms with E-state index in [1.54, 1.807) is 19.2 Å². The molecule has 6 nitrogen and oxygen atoms in total. The largest absolute Gasteiger partial charge is 0.496 e. The molecule has 0 fully saturated rings. The Hall–Kier alpha value is -2.84. The molecule has 188 valence electrons. The van der Waals surface area contributed by atoms with Crippen LogP contribution in [0.2, 0.25) is 0 Å². The lowest BCUT2D eigenvalue weighted by Gasteiger charge is -2.44. The average Bonchev–Trinajstić information content (AvgIpc) is 2.86. The number of nitrogens with one attached hydrogen (secondary N) is 1. The van der Waals surface area contributed by atoms with Gasteiger partial charge >= 0.3 is 0 Å². The van der Waals surface area contributed by atoms with E-state index in [-0.39, 0.29) is 12.5 Å². The Morgan fingerprint density at radius 3 is 2.26 bits per heavy atom. The van der Waals surface area contributed by atoms with Crippen LogP contribution in [0.3, 0.4) is 0 Å². The van der Waals surface area contributed by atoms with E-state index in [9.17, 15) is 14.6 Å². The maximum absolute atomic E-state index is 12.6. The Kier molecular flexibility index (Phi) is 9.74. The number of carbonyl (C=O) groups is 1. The summed E-state index contributed by atoms with van der Waals surface area (Å²) in [6, 6.07) is 25.0. The maximum atomic E-state index is 12.6. The minimum atomic E-state index is -2.89. The molecular weight excluding hydrogens is 460 g/mol. The number of hydrogen-bond acceptors (Lipinski definition) is 5. The van der Waals surface area contributed by atoms with Gasteiger partial charge in [-0.25, -0.2) is 0 Å². The molecule has 0 saturated heterocycles. The summed E-state index contributed by atoms with van der Waals surface area (Å²) in [5.41, 5.74) is 3.00. The van der Waals surface area contributed by atoms with Gasteiger partial charge < -0.3 is 14.5 Å². The predicted octanol–water partition coefficient (Wildman–Crippen LogP) is 6.38. The van der Waals surface area contributed by atoms with Crippen molar-refractivity contribution in [1.82, 2.24) is 9.79 Å². The van der Waals surface area contributed by atoms with Crippen molar-refractivity contribution in [2.75, 3.05) is 7.11 Å². The van der Waals surface area contributed by atoms with Gasteiger partial charge in [0, 0.05) is 23.3 Å². The van der Waals surface area contributed by atoms with Crippen molar-refractivity contribution in [3.05, 3.63) is 95.6 Å². The van der Waals surface area contributed by atoms with Crippen molar-refractivity contribution in [2.24, 2.45) is 0 Å². The first-order chi connectivity index (χ1) is 16.9. The quantitative estimate of drug-likeness (QED) is 0.253. The molecule has 0 aliphatic heterocycles. The van der Waals surface area contributed by atoms with Crippen LogP contribution < -0.4 is 9.46 Å². The third-order valence-electron chi connectivity index (χ3n) is 5.93. The maximum Gasteiger partial charge on any atom is 0.230 e. The fraction of sp³-hybridized carbons (Fsp3) is 0.321. The van der Waals surface area contributed by atoms with Gasteiger partial charge in [0.05, 0.1) is 13.7 Å². The molecule has 0 aromatic heterocycles. The monoisotopic (exact) mass is 496 g/mol. The fourth-order valence-corrected chi connectivity index (χ4v) is 6.72. The van der Waals surface area contributed by atoms with Crippen LogP contribution in [-0.2, 0) is 17.8 Å². The predicted molar refractivity (Wildman–Crippen MR) is 142 cm³/mol. The lowest BCUT2D eigenvalue weighted by atomic mass is 9.98. The summed E-state index contributed by atoms with van der Waals surface area (Å²) in [6.07, 6.45) is 2.05. The second-order valence-corrected chi connectivity index (χ2v) is 10.9. The van der Waals surface area contributed by atoms with Gasteiger partial charge in [0.2, 0.25) is 5.91 Å². The molecule has 3 N–H and O–H groups in total. The lowest BCUT2D eigenvalue weighted by molar-refractivity contribution is -0.120. The van der Waals surface area contributed by atoms with Crippen LogP contribution >= 0.6 is 10.5 Å². The molecule has 2 unspecified atom stereocenters. The highest BCUT2D eigenvalue weighted by Crippen LogP contribution is 2.54. The smallest absolute Gasteiger partial charge is 0.230 e. The van der Waals surface area contributed by atoms with Crippen LogP contribution in [0.25, 0.3) is 0 Å². The van der Waals surface area contributed by atoms with Gasteiger partial charge in [0.1, 0.15) is 11.1 Å². The van der Waals surface area contributed by atoms with Crippen LogP contribution in [0.4, 0.5) is 0 Å². The molecule has 0 heterocycles. The Bertz CT molecular complexity index is 1080. The van der Waals surface area contributed by atoms with E-state index in [4.69, 9.17) is 4.74 Å². The zero-order valence-corrected chi connectivity index (χ0v) is 21.5. The SMILES string of the molecule is CCCC(=O)NS(O)(c1ccccc1)C(CC)N(O)Cc1cccc(OC)c1Cc1ccccc1. The fourth-order valence-electron chi connectivity index (χ4n) is 4.22. The number of amides is 1. The van der Waals surface area contributed by atoms with Crippen LogP contribution in [0.5, 0.6) is 5.75 Å². The van der Waals surface area contributed by atoms with Gasteiger partial charge in [-0.3, -0.25) is 9.52 Å². The zero-order valence-electron chi connectivity index (χ0n) is 20.7. The Morgan fingerprint density at radius 1 is 1.00 bits per heavy atom. The molecule has 0 radical (unpaired) electrons. The van der Waals surface area contributed by atoms with E-state index in [0.29, 0.717) is 30.6 Å². The molecule has 35 heavy (non-hydrogen) atoms. The van der Waals surface area contributed by atoms with Gasteiger partial charge in [-0.05, 0) is 52.7 Å². The number of carbonyl (C=O) groups excluding carboxylic acids is 1.